The molecule has 0 aliphatic carbocycles. The normalized spacial score (nSPS) is 10.8. The Kier molecular flexibility index (Phi) is 5.82. The van der Waals surface area contributed by atoms with Crippen molar-refractivity contribution in [3.63, 3.8) is 0 Å². The molecule has 0 amide bonds. The molecule has 0 saturated heterocycles. The highest BCUT2D eigenvalue weighted by Crippen LogP contribution is 2.34. The van der Waals surface area contributed by atoms with E-state index >= 15 is 0 Å². The van der Waals surface area contributed by atoms with Gasteiger partial charge >= 0.3 is 5.97 Å². The molecular formula is C17H16IN3O3S. The number of carbonyl (C=O) groups is 1. The summed E-state index contributed by atoms with van der Waals surface area (Å²) in [4.78, 5) is 22.2. The molecule has 3 aromatic rings. The van der Waals surface area contributed by atoms with Crippen LogP contribution < -0.4 is 5.32 Å². The molecule has 8 heteroatoms. The third kappa shape index (κ3) is 4.07. The van der Waals surface area contributed by atoms with Gasteiger partial charge in [-0.1, -0.05) is 0 Å². The molecule has 2 heterocycles. The zero-order valence-electron chi connectivity index (χ0n) is 13.7. The molecule has 25 heavy (non-hydrogen) atoms. The molecule has 0 fully saturated rings. The number of carbonyl (C=O) groups excluding carboxylic acids is 1. The van der Waals surface area contributed by atoms with Gasteiger partial charge in [-0.05, 0) is 59.3 Å². The third-order valence-corrected chi connectivity index (χ3v) is 5.44. The van der Waals surface area contributed by atoms with Crippen molar-refractivity contribution < 1.29 is 14.3 Å². The van der Waals surface area contributed by atoms with Gasteiger partial charge in [-0.15, -0.1) is 11.3 Å². The first-order valence-electron chi connectivity index (χ1n) is 7.53. The minimum absolute atomic E-state index is 0.225. The number of methoxy groups -OCH3 is 1. The molecule has 2 aromatic heterocycles. The standard InChI is InChI=1S/C17H16IN3O3S/c1-10-13-15(21-12-5-3-11(18)4-6-12)19-9-20-16(13)25-14(10)17(22)24-8-7-23-2/h3-6,9H,7-8H2,1-2H3,(H,19,20,21). The molecule has 1 aromatic carbocycles. The molecule has 130 valence electrons. The molecule has 0 bridgehead atoms. The maximum absolute atomic E-state index is 12.3. The van der Waals surface area contributed by atoms with Crippen molar-refractivity contribution in [2.24, 2.45) is 0 Å². The molecule has 0 unspecified atom stereocenters. The molecule has 3 rings (SSSR count). The predicted molar refractivity (Wildman–Crippen MR) is 107 cm³/mol. The fourth-order valence-electron chi connectivity index (χ4n) is 2.31. The number of anilines is 2. The highest BCUT2D eigenvalue weighted by molar-refractivity contribution is 14.1. The molecule has 0 aliphatic heterocycles. The fourth-order valence-corrected chi connectivity index (χ4v) is 3.72. The lowest BCUT2D eigenvalue weighted by molar-refractivity contribution is 0.0393. The Morgan fingerprint density at radius 1 is 1.24 bits per heavy atom. The topological polar surface area (TPSA) is 73.3 Å². The average Bonchev–Trinajstić information content (AvgIpc) is 2.95. The Labute approximate surface area is 162 Å². The van der Waals surface area contributed by atoms with Crippen molar-refractivity contribution in [1.82, 2.24) is 9.97 Å². The zero-order valence-corrected chi connectivity index (χ0v) is 16.7. The summed E-state index contributed by atoms with van der Waals surface area (Å²) >= 11 is 3.57. The van der Waals surface area contributed by atoms with Crippen molar-refractivity contribution in [3.05, 3.63) is 44.6 Å². The Balaban J connectivity index is 1.92. The molecule has 0 aliphatic rings. The van der Waals surface area contributed by atoms with Gasteiger partial charge in [-0.25, -0.2) is 14.8 Å². The van der Waals surface area contributed by atoms with Crippen molar-refractivity contribution >= 4 is 61.6 Å². The van der Waals surface area contributed by atoms with Crippen molar-refractivity contribution in [2.75, 3.05) is 25.6 Å². The zero-order chi connectivity index (χ0) is 17.8. The smallest absolute Gasteiger partial charge is 0.348 e. The predicted octanol–water partition coefficient (Wildman–Crippen LogP) is 4.15. The van der Waals surface area contributed by atoms with Gasteiger partial charge in [0, 0.05) is 16.4 Å². The van der Waals surface area contributed by atoms with Gasteiger partial charge < -0.3 is 14.8 Å². The van der Waals surface area contributed by atoms with E-state index in [-0.39, 0.29) is 12.6 Å². The number of nitrogens with zero attached hydrogens (tertiary/aromatic N) is 2. The van der Waals surface area contributed by atoms with Crippen molar-refractivity contribution in [3.8, 4) is 0 Å². The summed E-state index contributed by atoms with van der Waals surface area (Å²) in [6, 6.07) is 8.00. The largest absolute Gasteiger partial charge is 0.459 e. The molecule has 0 spiro atoms. The number of hydrogen-bond donors (Lipinski definition) is 1. The minimum Gasteiger partial charge on any atom is -0.459 e. The van der Waals surface area contributed by atoms with E-state index in [1.54, 1.807) is 7.11 Å². The molecular weight excluding hydrogens is 453 g/mol. The van der Waals surface area contributed by atoms with Gasteiger partial charge in [0.1, 0.15) is 28.5 Å². The van der Waals surface area contributed by atoms with Gasteiger partial charge in [0.25, 0.3) is 0 Å². The van der Waals surface area contributed by atoms with E-state index in [0.29, 0.717) is 17.3 Å². The van der Waals surface area contributed by atoms with Crippen LogP contribution in [0.2, 0.25) is 0 Å². The number of hydrogen-bond acceptors (Lipinski definition) is 7. The van der Waals surface area contributed by atoms with Gasteiger partial charge in [0.15, 0.2) is 0 Å². The quantitative estimate of drug-likeness (QED) is 0.332. The molecule has 0 saturated carbocycles. The van der Waals surface area contributed by atoms with Gasteiger partial charge in [-0.3, -0.25) is 0 Å². The van der Waals surface area contributed by atoms with E-state index in [2.05, 4.69) is 37.9 Å². The van der Waals surface area contributed by atoms with Gasteiger partial charge in [-0.2, -0.15) is 0 Å². The Hall–Kier alpha value is -1.78. The first-order chi connectivity index (χ1) is 12.1. The van der Waals surface area contributed by atoms with Crippen LogP contribution in [0.1, 0.15) is 15.2 Å². The molecule has 0 atom stereocenters. The summed E-state index contributed by atoms with van der Waals surface area (Å²) in [5, 5.41) is 4.14. The van der Waals surface area contributed by atoms with Crippen LogP contribution in [0.5, 0.6) is 0 Å². The molecule has 0 radical (unpaired) electrons. The molecule has 1 N–H and O–H groups in total. The summed E-state index contributed by atoms with van der Waals surface area (Å²) in [5.74, 6) is 0.314. The highest BCUT2D eigenvalue weighted by atomic mass is 127. The SMILES string of the molecule is COCCOC(=O)c1sc2ncnc(Nc3ccc(I)cc3)c2c1C. The van der Waals surface area contributed by atoms with Crippen LogP contribution in [0.4, 0.5) is 11.5 Å². The van der Waals surface area contributed by atoms with Gasteiger partial charge in [0.05, 0.1) is 12.0 Å². The van der Waals surface area contributed by atoms with Crippen LogP contribution in [0, 0.1) is 10.5 Å². The van der Waals surface area contributed by atoms with Crippen LogP contribution >= 0.6 is 33.9 Å². The fraction of sp³-hybridized carbons (Fsp3) is 0.235. The summed E-state index contributed by atoms with van der Waals surface area (Å²) in [6.45, 7) is 2.48. The number of rotatable bonds is 6. The van der Waals surface area contributed by atoms with Crippen LogP contribution in [-0.2, 0) is 9.47 Å². The highest BCUT2D eigenvalue weighted by Gasteiger charge is 2.20. The summed E-state index contributed by atoms with van der Waals surface area (Å²) in [7, 11) is 1.57. The monoisotopic (exact) mass is 469 g/mol. The van der Waals surface area contributed by atoms with E-state index in [1.807, 2.05) is 31.2 Å². The Morgan fingerprint density at radius 2 is 2.00 bits per heavy atom. The van der Waals surface area contributed by atoms with E-state index in [4.69, 9.17) is 9.47 Å². The van der Waals surface area contributed by atoms with Crippen LogP contribution in [0.25, 0.3) is 10.2 Å². The number of nitrogens with one attached hydrogen (secondary N) is 1. The second-order valence-electron chi connectivity index (χ2n) is 5.22. The van der Waals surface area contributed by atoms with Crippen LogP contribution in [-0.4, -0.2) is 36.3 Å². The second-order valence-corrected chi connectivity index (χ2v) is 7.46. The number of thiophene rings is 1. The van der Waals surface area contributed by atoms with E-state index < -0.39 is 0 Å². The maximum atomic E-state index is 12.3. The number of esters is 1. The third-order valence-electron chi connectivity index (χ3n) is 3.54. The maximum Gasteiger partial charge on any atom is 0.348 e. The number of aryl methyl sites for hydroxylation is 1. The lowest BCUT2D eigenvalue weighted by Crippen LogP contribution is -2.09. The van der Waals surface area contributed by atoms with Gasteiger partial charge in [0.2, 0.25) is 0 Å². The van der Waals surface area contributed by atoms with Crippen LogP contribution in [0.3, 0.4) is 0 Å². The number of benzene rings is 1. The molecule has 6 nitrogen and oxygen atoms in total. The number of ether oxygens (including phenoxy) is 2. The first-order valence-corrected chi connectivity index (χ1v) is 9.42. The van der Waals surface area contributed by atoms with E-state index in [9.17, 15) is 4.79 Å². The van der Waals surface area contributed by atoms with Crippen molar-refractivity contribution in [1.29, 1.82) is 0 Å². The summed E-state index contributed by atoms with van der Waals surface area (Å²) < 4.78 is 11.3. The lowest BCUT2D eigenvalue weighted by Gasteiger charge is -2.07. The Morgan fingerprint density at radius 3 is 2.72 bits per heavy atom. The van der Waals surface area contributed by atoms with E-state index in [0.717, 1.165) is 25.0 Å². The lowest BCUT2D eigenvalue weighted by atomic mass is 10.2. The number of halogens is 1. The van der Waals surface area contributed by atoms with E-state index in [1.165, 1.54) is 17.7 Å². The minimum atomic E-state index is -0.363. The average molecular weight is 469 g/mol. The second kappa shape index (κ2) is 8.07. The number of fused-ring (bicyclic) bond motifs is 1. The first kappa shape index (κ1) is 18.0. The van der Waals surface area contributed by atoms with Crippen LogP contribution in [0.15, 0.2) is 30.6 Å². The van der Waals surface area contributed by atoms with Crippen molar-refractivity contribution in [2.45, 2.75) is 6.92 Å². The Bertz CT molecular complexity index is 896. The number of aromatic nitrogens is 2. The summed E-state index contributed by atoms with van der Waals surface area (Å²) in [5.41, 5.74) is 1.74. The summed E-state index contributed by atoms with van der Waals surface area (Å²) in [6.07, 6.45) is 1.49.